The molecule has 0 aliphatic heterocycles. The van der Waals surface area contributed by atoms with Crippen LogP contribution in [-0.4, -0.2) is 4.92 Å². The van der Waals surface area contributed by atoms with Crippen LogP contribution in [0.2, 0.25) is 0 Å². The summed E-state index contributed by atoms with van der Waals surface area (Å²) in [6, 6.07) is 13.0. The minimum absolute atomic E-state index is 0.0606. The predicted octanol–water partition coefficient (Wildman–Crippen LogP) is 4.89. The first-order valence-electron chi connectivity index (χ1n) is 6.61. The summed E-state index contributed by atoms with van der Waals surface area (Å²) in [6.45, 7) is 1.90. The molecule has 0 N–H and O–H groups in total. The molecule has 0 aliphatic carbocycles. The van der Waals surface area contributed by atoms with E-state index in [0.717, 1.165) is 11.6 Å². The second kappa shape index (κ2) is 6.68. The van der Waals surface area contributed by atoms with Gasteiger partial charge in [0.15, 0.2) is 0 Å². The van der Waals surface area contributed by atoms with E-state index in [1.165, 1.54) is 12.1 Å². The van der Waals surface area contributed by atoms with Crippen LogP contribution in [0.4, 0.5) is 10.1 Å². The number of nitrogens with zero attached hydrogens (tertiary/aromatic N) is 1. The fourth-order valence-corrected chi connectivity index (χ4v) is 2.55. The van der Waals surface area contributed by atoms with Gasteiger partial charge >= 0.3 is 0 Å². The Hall–Kier alpha value is -1.94. The van der Waals surface area contributed by atoms with E-state index in [1.807, 2.05) is 37.3 Å². The van der Waals surface area contributed by atoms with Crippen molar-refractivity contribution < 1.29 is 9.31 Å². The minimum Gasteiger partial charge on any atom is -0.258 e. The average molecular weight is 308 g/mol. The molecular weight excluding hydrogens is 293 g/mol. The molecule has 5 heteroatoms. The highest BCUT2D eigenvalue weighted by Crippen LogP contribution is 2.33. The van der Waals surface area contributed by atoms with Crippen LogP contribution >= 0.6 is 11.6 Å². The van der Waals surface area contributed by atoms with E-state index in [4.69, 9.17) is 11.6 Å². The monoisotopic (exact) mass is 307 g/mol. The number of benzene rings is 2. The van der Waals surface area contributed by atoms with E-state index >= 15 is 0 Å². The lowest BCUT2D eigenvalue weighted by molar-refractivity contribution is -0.385. The normalized spacial score (nSPS) is 13.7. The van der Waals surface area contributed by atoms with Crippen LogP contribution in [0.15, 0.2) is 48.5 Å². The Kier molecular flexibility index (Phi) is 4.91. The summed E-state index contributed by atoms with van der Waals surface area (Å²) in [5.41, 5.74) is 1.25. The largest absolute Gasteiger partial charge is 0.272 e. The molecule has 2 rings (SSSR count). The lowest BCUT2D eigenvalue weighted by Crippen LogP contribution is -2.09. The quantitative estimate of drug-likeness (QED) is 0.448. The Bertz CT molecular complexity index is 633. The molecule has 0 aliphatic rings. The van der Waals surface area contributed by atoms with Crippen LogP contribution in [0.25, 0.3) is 0 Å². The molecule has 2 atom stereocenters. The first-order chi connectivity index (χ1) is 9.99. The molecule has 110 valence electrons. The second-order valence-electron chi connectivity index (χ2n) is 5.02. The molecule has 0 saturated carbocycles. The van der Waals surface area contributed by atoms with Gasteiger partial charge in [0.2, 0.25) is 0 Å². The van der Waals surface area contributed by atoms with Gasteiger partial charge in [-0.3, -0.25) is 10.1 Å². The molecule has 2 aromatic carbocycles. The third kappa shape index (κ3) is 3.79. The summed E-state index contributed by atoms with van der Waals surface area (Å²) < 4.78 is 13.3. The van der Waals surface area contributed by atoms with Crippen LogP contribution < -0.4 is 0 Å². The summed E-state index contributed by atoms with van der Waals surface area (Å²) in [4.78, 5) is 10.5. The molecule has 21 heavy (non-hydrogen) atoms. The maximum Gasteiger partial charge on any atom is 0.272 e. The van der Waals surface area contributed by atoms with Crippen LogP contribution in [0.3, 0.4) is 0 Å². The van der Waals surface area contributed by atoms with Crippen molar-refractivity contribution in [1.82, 2.24) is 0 Å². The van der Waals surface area contributed by atoms with Gasteiger partial charge in [0.05, 0.1) is 10.3 Å². The van der Waals surface area contributed by atoms with Gasteiger partial charge in [-0.2, -0.15) is 0 Å². The van der Waals surface area contributed by atoms with Gasteiger partial charge in [0, 0.05) is 11.6 Å². The summed E-state index contributed by atoms with van der Waals surface area (Å²) in [6.07, 6.45) is 0.344. The third-order valence-corrected chi connectivity index (χ3v) is 4.08. The zero-order valence-electron chi connectivity index (χ0n) is 11.5. The smallest absolute Gasteiger partial charge is 0.258 e. The molecule has 0 aromatic heterocycles. The number of nitro groups is 1. The summed E-state index contributed by atoms with van der Waals surface area (Å²) in [5.74, 6) is -0.539. The molecule has 2 unspecified atom stereocenters. The zero-order valence-corrected chi connectivity index (χ0v) is 12.3. The molecule has 0 spiro atoms. The van der Waals surface area contributed by atoms with E-state index in [0.29, 0.717) is 12.0 Å². The van der Waals surface area contributed by atoms with Crippen molar-refractivity contribution in [3.05, 3.63) is 75.6 Å². The zero-order chi connectivity index (χ0) is 15.4. The Morgan fingerprint density at radius 1 is 1.24 bits per heavy atom. The number of hydrogen-bond acceptors (Lipinski definition) is 2. The molecule has 0 fully saturated rings. The van der Waals surface area contributed by atoms with Gasteiger partial charge in [-0.1, -0.05) is 37.3 Å². The van der Waals surface area contributed by atoms with Crippen molar-refractivity contribution in [2.75, 3.05) is 0 Å². The lowest BCUT2D eigenvalue weighted by Gasteiger charge is -2.18. The lowest BCUT2D eigenvalue weighted by atomic mass is 9.93. The van der Waals surface area contributed by atoms with Gasteiger partial charge in [0.25, 0.3) is 5.69 Å². The first kappa shape index (κ1) is 15.4. The van der Waals surface area contributed by atoms with Crippen LogP contribution in [0.1, 0.15) is 23.4 Å². The third-order valence-electron chi connectivity index (χ3n) is 3.40. The molecule has 3 nitrogen and oxygen atoms in total. The van der Waals surface area contributed by atoms with Crippen LogP contribution in [0.5, 0.6) is 0 Å². The van der Waals surface area contributed by atoms with Gasteiger partial charge in [-0.05, 0) is 30.0 Å². The van der Waals surface area contributed by atoms with E-state index < -0.39 is 10.7 Å². The molecular formula is C16H15ClFNO2. The second-order valence-corrected chi connectivity index (χ2v) is 5.49. The summed E-state index contributed by atoms with van der Waals surface area (Å²) >= 11 is 6.41. The van der Waals surface area contributed by atoms with Crippen molar-refractivity contribution in [3.63, 3.8) is 0 Å². The van der Waals surface area contributed by atoms with E-state index in [9.17, 15) is 14.5 Å². The van der Waals surface area contributed by atoms with Gasteiger partial charge in [-0.25, -0.2) is 4.39 Å². The highest BCUT2D eigenvalue weighted by Gasteiger charge is 2.22. The Labute approximate surface area is 127 Å². The molecule has 0 heterocycles. The minimum atomic E-state index is -0.493. The molecule has 0 amide bonds. The van der Waals surface area contributed by atoms with Crippen LogP contribution in [-0.2, 0) is 6.42 Å². The standard InChI is InChI=1S/C16H15ClFNO2/c1-11(16(17)12-5-3-2-4-6-12)9-13-10-14(18)7-8-15(13)19(20)21/h2-8,10-11,16H,9H2,1H3. The number of nitro benzene ring substituents is 1. The molecule has 0 radical (unpaired) electrons. The fraction of sp³-hybridized carbons (Fsp3) is 0.250. The molecule has 0 bridgehead atoms. The van der Waals surface area contributed by atoms with Gasteiger partial charge in [0.1, 0.15) is 5.82 Å². The van der Waals surface area contributed by atoms with Crippen molar-refractivity contribution in [1.29, 1.82) is 0 Å². The number of hydrogen-bond donors (Lipinski definition) is 0. The maximum atomic E-state index is 13.3. The van der Waals surface area contributed by atoms with E-state index in [2.05, 4.69) is 0 Å². The van der Waals surface area contributed by atoms with Gasteiger partial charge < -0.3 is 0 Å². The van der Waals surface area contributed by atoms with Crippen LogP contribution in [0, 0.1) is 21.8 Å². The van der Waals surface area contributed by atoms with Crippen molar-refractivity contribution in [2.24, 2.45) is 5.92 Å². The number of halogens is 2. The maximum absolute atomic E-state index is 13.3. The topological polar surface area (TPSA) is 43.1 Å². The Balaban J connectivity index is 2.21. The number of alkyl halides is 1. The van der Waals surface area contributed by atoms with Crippen molar-refractivity contribution >= 4 is 17.3 Å². The molecule has 2 aromatic rings. The van der Waals surface area contributed by atoms with E-state index in [-0.39, 0.29) is 17.0 Å². The van der Waals surface area contributed by atoms with Crippen molar-refractivity contribution in [3.8, 4) is 0 Å². The highest BCUT2D eigenvalue weighted by atomic mass is 35.5. The van der Waals surface area contributed by atoms with Gasteiger partial charge in [-0.15, -0.1) is 11.6 Å². The summed E-state index contributed by atoms with van der Waals surface area (Å²) in [5, 5.41) is 10.7. The number of rotatable bonds is 5. The van der Waals surface area contributed by atoms with E-state index in [1.54, 1.807) is 0 Å². The fourth-order valence-electron chi connectivity index (χ4n) is 2.31. The Morgan fingerprint density at radius 3 is 2.52 bits per heavy atom. The Morgan fingerprint density at radius 2 is 1.90 bits per heavy atom. The average Bonchev–Trinajstić information content (AvgIpc) is 2.47. The predicted molar refractivity (Wildman–Crippen MR) is 81.0 cm³/mol. The SMILES string of the molecule is CC(Cc1cc(F)ccc1[N+](=O)[O-])C(Cl)c1ccccc1. The molecule has 0 saturated heterocycles. The highest BCUT2D eigenvalue weighted by molar-refractivity contribution is 6.21. The summed E-state index contributed by atoms with van der Waals surface area (Å²) in [7, 11) is 0. The van der Waals surface area contributed by atoms with Crippen molar-refractivity contribution in [2.45, 2.75) is 18.7 Å². The first-order valence-corrected chi connectivity index (χ1v) is 7.04.